The van der Waals surface area contributed by atoms with Crippen LogP contribution in [0.2, 0.25) is 0 Å². The molecular weight excluding hydrogens is 354 g/mol. The molecule has 29 heavy (non-hydrogen) atoms. The summed E-state index contributed by atoms with van der Waals surface area (Å²) < 4.78 is 0. The summed E-state index contributed by atoms with van der Waals surface area (Å²) in [6.07, 6.45) is 8.72. The number of piperidine rings is 1. The summed E-state index contributed by atoms with van der Waals surface area (Å²) in [5, 5.41) is 1.43. The number of hydrogen-bond donors (Lipinski definition) is 1. The number of nitrogens with one attached hydrogen (secondary N) is 1. The lowest BCUT2D eigenvalue weighted by molar-refractivity contribution is 0.198. The van der Waals surface area contributed by atoms with Crippen molar-refractivity contribution in [2.45, 2.75) is 44.6 Å². The molecule has 5 rings (SSSR count). The van der Waals surface area contributed by atoms with Gasteiger partial charge in [-0.25, -0.2) is 0 Å². The van der Waals surface area contributed by atoms with Crippen molar-refractivity contribution in [2.75, 3.05) is 32.7 Å². The molecule has 152 valence electrons. The van der Waals surface area contributed by atoms with Gasteiger partial charge < -0.3 is 9.88 Å². The maximum atomic E-state index is 3.46. The van der Waals surface area contributed by atoms with Crippen molar-refractivity contribution in [3.05, 3.63) is 71.4 Å². The molecule has 1 saturated heterocycles. The van der Waals surface area contributed by atoms with Gasteiger partial charge in [0.2, 0.25) is 0 Å². The summed E-state index contributed by atoms with van der Waals surface area (Å²) in [5.74, 6) is 0.718. The molecule has 3 nitrogen and oxygen atoms in total. The van der Waals surface area contributed by atoms with Gasteiger partial charge in [-0.3, -0.25) is 4.90 Å². The van der Waals surface area contributed by atoms with E-state index in [2.05, 4.69) is 69.5 Å². The highest BCUT2D eigenvalue weighted by Crippen LogP contribution is 2.33. The van der Waals surface area contributed by atoms with Crippen LogP contribution in [0, 0.1) is 0 Å². The number of hydrogen-bond acceptors (Lipinski definition) is 2. The van der Waals surface area contributed by atoms with Crippen molar-refractivity contribution < 1.29 is 0 Å². The Hall–Kier alpha value is -2.10. The van der Waals surface area contributed by atoms with Crippen LogP contribution in [0.4, 0.5) is 0 Å². The zero-order valence-electron chi connectivity index (χ0n) is 17.4. The molecule has 3 heterocycles. The van der Waals surface area contributed by atoms with E-state index in [1.54, 1.807) is 5.56 Å². The Kier molecular flexibility index (Phi) is 5.69. The van der Waals surface area contributed by atoms with Crippen molar-refractivity contribution in [1.82, 2.24) is 14.8 Å². The number of para-hydroxylation sites is 1. The van der Waals surface area contributed by atoms with Crippen LogP contribution in [-0.2, 0) is 13.0 Å². The molecule has 3 aromatic rings. The van der Waals surface area contributed by atoms with E-state index in [4.69, 9.17) is 0 Å². The van der Waals surface area contributed by atoms with Gasteiger partial charge in [0.25, 0.3) is 0 Å². The number of H-pyrrole nitrogens is 1. The molecule has 0 spiro atoms. The Morgan fingerprint density at radius 1 is 0.793 bits per heavy atom. The number of unbranched alkanes of at least 4 members (excludes halogenated alkanes) is 1. The predicted octanol–water partition coefficient (Wildman–Crippen LogP) is 5.19. The van der Waals surface area contributed by atoms with Crippen LogP contribution < -0.4 is 0 Å². The predicted molar refractivity (Wildman–Crippen MR) is 121 cm³/mol. The van der Waals surface area contributed by atoms with E-state index in [1.165, 1.54) is 86.9 Å². The highest BCUT2D eigenvalue weighted by molar-refractivity contribution is 5.83. The van der Waals surface area contributed by atoms with E-state index < -0.39 is 0 Å². The fourth-order valence-corrected chi connectivity index (χ4v) is 5.32. The van der Waals surface area contributed by atoms with Crippen molar-refractivity contribution in [2.24, 2.45) is 0 Å². The lowest BCUT2D eigenvalue weighted by Crippen LogP contribution is -2.34. The number of likely N-dealkylation sites (tertiary alicyclic amines) is 1. The van der Waals surface area contributed by atoms with Gasteiger partial charge in [0, 0.05) is 30.2 Å². The van der Waals surface area contributed by atoms with Crippen LogP contribution in [-0.4, -0.2) is 47.5 Å². The average molecular weight is 388 g/mol. The van der Waals surface area contributed by atoms with Crippen molar-refractivity contribution in [3.63, 3.8) is 0 Å². The van der Waals surface area contributed by atoms with E-state index in [-0.39, 0.29) is 0 Å². The van der Waals surface area contributed by atoms with Crippen LogP contribution >= 0.6 is 0 Å². The van der Waals surface area contributed by atoms with Crippen LogP contribution in [0.15, 0.2) is 54.7 Å². The van der Waals surface area contributed by atoms with Gasteiger partial charge in [0.05, 0.1) is 0 Å². The van der Waals surface area contributed by atoms with Crippen LogP contribution in [0.5, 0.6) is 0 Å². The third kappa shape index (κ3) is 4.26. The second-order valence-electron chi connectivity index (χ2n) is 8.91. The van der Waals surface area contributed by atoms with Crippen LogP contribution in [0.3, 0.4) is 0 Å². The van der Waals surface area contributed by atoms with Crippen molar-refractivity contribution in [1.29, 1.82) is 0 Å². The third-order valence-corrected chi connectivity index (χ3v) is 7.06. The molecular formula is C26H33N3. The van der Waals surface area contributed by atoms with E-state index in [1.807, 2.05) is 0 Å². The number of fused-ring (bicyclic) bond motifs is 2. The van der Waals surface area contributed by atoms with Gasteiger partial charge in [0.15, 0.2) is 0 Å². The molecule has 1 aromatic heterocycles. The van der Waals surface area contributed by atoms with Crippen LogP contribution in [0.1, 0.15) is 48.3 Å². The first-order chi connectivity index (χ1) is 14.4. The number of aromatic amines is 1. The van der Waals surface area contributed by atoms with E-state index in [0.29, 0.717) is 0 Å². The van der Waals surface area contributed by atoms with Gasteiger partial charge in [0.1, 0.15) is 0 Å². The molecule has 0 amide bonds. The molecule has 0 radical (unpaired) electrons. The second kappa shape index (κ2) is 8.73. The molecule has 2 aliphatic rings. The third-order valence-electron chi connectivity index (χ3n) is 7.06. The first-order valence-electron chi connectivity index (χ1n) is 11.4. The number of aromatic nitrogens is 1. The maximum absolute atomic E-state index is 3.46. The van der Waals surface area contributed by atoms with Gasteiger partial charge >= 0.3 is 0 Å². The van der Waals surface area contributed by atoms with Crippen molar-refractivity contribution >= 4 is 10.9 Å². The minimum atomic E-state index is 0.718. The SMILES string of the molecule is c1ccc2c(c1)CCN(CCCCN1CCC(c3c[nH]c4ccccc34)CC1)C2. The standard InChI is InChI=1S/C26H33N3/c1-2-8-23-20-29(18-11-21(23)7-1)15-6-5-14-28-16-12-22(13-17-28)25-19-27-26-10-4-3-9-24(25)26/h1-4,7-10,19,22,27H,5-6,11-18,20H2. The highest BCUT2D eigenvalue weighted by Gasteiger charge is 2.22. The molecule has 1 fully saturated rings. The molecule has 0 aliphatic carbocycles. The Bertz CT molecular complexity index is 936. The minimum Gasteiger partial charge on any atom is -0.361 e. The van der Waals surface area contributed by atoms with Gasteiger partial charge in [-0.2, -0.15) is 0 Å². The number of benzene rings is 2. The normalized spacial score (nSPS) is 18.9. The molecule has 0 atom stereocenters. The Morgan fingerprint density at radius 2 is 1.52 bits per heavy atom. The molecule has 2 aromatic carbocycles. The molecule has 2 aliphatic heterocycles. The fourth-order valence-electron chi connectivity index (χ4n) is 5.32. The Labute approximate surface area is 174 Å². The average Bonchev–Trinajstić information content (AvgIpc) is 3.21. The molecule has 0 bridgehead atoms. The highest BCUT2D eigenvalue weighted by atomic mass is 15.1. The molecule has 3 heteroatoms. The minimum absolute atomic E-state index is 0.718. The fraction of sp³-hybridized carbons (Fsp3) is 0.462. The number of nitrogens with zero attached hydrogens (tertiary/aromatic N) is 2. The molecule has 0 unspecified atom stereocenters. The van der Waals surface area contributed by atoms with E-state index in [0.717, 1.165) is 12.5 Å². The Balaban J connectivity index is 1.04. The van der Waals surface area contributed by atoms with Crippen molar-refractivity contribution in [3.8, 4) is 0 Å². The van der Waals surface area contributed by atoms with E-state index >= 15 is 0 Å². The first-order valence-corrected chi connectivity index (χ1v) is 11.4. The smallest absolute Gasteiger partial charge is 0.0456 e. The summed E-state index contributed by atoms with van der Waals surface area (Å²) in [7, 11) is 0. The summed E-state index contributed by atoms with van der Waals surface area (Å²) >= 11 is 0. The summed E-state index contributed by atoms with van der Waals surface area (Å²) in [4.78, 5) is 8.79. The molecule has 0 saturated carbocycles. The van der Waals surface area contributed by atoms with Crippen LogP contribution in [0.25, 0.3) is 10.9 Å². The quantitative estimate of drug-likeness (QED) is 0.588. The number of rotatable bonds is 6. The van der Waals surface area contributed by atoms with Gasteiger partial charge in [-0.1, -0.05) is 42.5 Å². The second-order valence-corrected chi connectivity index (χ2v) is 8.91. The molecule has 1 N–H and O–H groups in total. The summed E-state index contributed by atoms with van der Waals surface area (Å²) in [5.41, 5.74) is 5.91. The lowest BCUT2D eigenvalue weighted by atomic mass is 9.89. The zero-order valence-corrected chi connectivity index (χ0v) is 17.4. The first kappa shape index (κ1) is 18.9. The topological polar surface area (TPSA) is 22.3 Å². The monoisotopic (exact) mass is 387 g/mol. The largest absolute Gasteiger partial charge is 0.361 e. The summed E-state index contributed by atoms with van der Waals surface area (Å²) in [6, 6.07) is 17.7. The van der Waals surface area contributed by atoms with E-state index in [9.17, 15) is 0 Å². The Morgan fingerprint density at radius 3 is 2.38 bits per heavy atom. The summed E-state index contributed by atoms with van der Waals surface area (Å²) in [6.45, 7) is 7.40. The van der Waals surface area contributed by atoms with Gasteiger partial charge in [-0.05, 0) is 87.0 Å². The zero-order chi connectivity index (χ0) is 19.5. The maximum Gasteiger partial charge on any atom is 0.0456 e. The lowest BCUT2D eigenvalue weighted by Gasteiger charge is -2.32. The van der Waals surface area contributed by atoms with Gasteiger partial charge in [-0.15, -0.1) is 0 Å².